The molecular weight excluding hydrogens is 368 g/mol. The highest BCUT2D eigenvalue weighted by Gasteiger charge is 2.42. The van der Waals surface area contributed by atoms with Gasteiger partial charge in [0.15, 0.2) is 0 Å². The monoisotopic (exact) mass is 398 g/mol. The minimum absolute atomic E-state index is 0.0668. The summed E-state index contributed by atoms with van der Waals surface area (Å²) in [6, 6.07) is 8.05. The number of nitrogens with zero attached hydrogens (tertiary/aromatic N) is 1. The fourth-order valence-electron chi connectivity index (χ4n) is 5.47. The molecular formula is C23H30N2O4. The summed E-state index contributed by atoms with van der Waals surface area (Å²) in [5.41, 5.74) is 2.17. The second kappa shape index (κ2) is 8.17. The van der Waals surface area contributed by atoms with E-state index in [4.69, 9.17) is 0 Å². The van der Waals surface area contributed by atoms with Crippen LogP contribution in [0.25, 0.3) is 0 Å². The molecule has 6 nitrogen and oxygen atoms in total. The second-order valence-electron chi connectivity index (χ2n) is 8.94. The van der Waals surface area contributed by atoms with E-state index in [1.807, 2.05) is 23.1 Å². The number of aliphatic carboxylic acids is 1. The van der Waals surface area contributed by atoms with Crippen LogP contribution in [0.5, 0.6) is 0 Å². The topological polar surface area (TPSA) is 86.7 Å². The number of amides is 2. The van der Waals surface area contributed by atoms with Crippen LogP contribution in [0.2, 0.25) is 0 Å². The summed E-state index contributed by atoms with van der Waals surface area (Å²) in [5.74, 6) is -1.77. The Morgan fingerprint density at radius 1 is 1.03 bits per heavy atom. The second-order valence-corrected chi connectivity index (χ2v) is 8.94. The predicted molar refractivity (Wildman–Crippen MR) is 109 cm³/mol. The number of carbonyl (C=O) groups is 3. The number of carbonyl (C=O) groups excluding carboxylic acids is 2. The molecule has 156 valence electrons. The fourth-order valence-corrected chi connectivity index (χ4v) is 5.47. The van der Waals surface area contributed by atoms with Crippen LogP contribution in [0.15, 0.2) is 24.3 Å². The van der Waals surface area contributed by atoms with E-state index in [0.29, 0.717) is 19.3 Å². The third-order valence-electron chi connectivity index (χ3n) is 6.99. The van der Waals surface area contributed by atoms with Gasteiger partial charge in [-0.2, -0.15) is 0 Å². The molecule has 0 saturated heterocycles. The molecule has 0 aromatic heterocycles. The quantitative estimate of drug-likeness (QED) is 0.816. The van der Waals surface area contributed by atoms with E-state index >= 15 is 0 Å². The number of nitrogens with one attached hydrogen (secondary N) is 1. The average molecular weight is 399 g/mol. The molecule has 1 aromatic rings. The van der Waals surface area contributed by atoms with Crippen molar-refractivity contribution in [2.24, 2.45) is 17.8 Å². The molecule has 29 heavy (non-hydrogen) atoms. The summed E-state index contributed by atoms with van der Waals surface area (Å²) in [4.78, 5) is 39.7. The Kier molecular flexibility index (Phi) is 5.61. The van der Waals surface area contributed by atoms with Crippen molar-refractivity contribution in [3.05, 3.63) is 29.8 Å². The van der Waals surface area contributed by atoms with E-state index in [0.717, 1.165) is 37.8 Å². The van der Waals surface area contributed by atoms with Gasteiger partial charge in [-0.25, -0.2) is 0 Å². The molecule has 0 radical (unpaired) electrons. The predicted octanol–water partition coefficient (Wildman–Crippen LogP) is 3.14. The summed E-state index contributed by atoms with van der Waals surface area (Å²) in [5, 5.41) is 12.3. The van der Waals surface area contributed by atoms with E-state index in [1.54, 1.807) is 0 Å². The Bertz CT molecular complexity index is 808. The summed E-state index contributed by atoms with van der Waals surface area (Å²) in [7, 11) is 0. The molecule has 1 aromatic carbocycles. The third kappa shape index (κ3) is 3.89. The first-order valence-corrected chi connectivity index (χ1v) is 10.9. The van der Waals surface area contributed by atoms with Crippen LogP contribution in [-0.4, -0.2) is 35.0 Å². The van der Waals surface area contributed by atoms with E-state index in [9.17, 15) is 19.5 Å². The molecule has 5 atom stereocenters. The van der Waals surface area contributed by atoms with Crippen molar-refractivity contribution in [1.29, 1.82) is 0 Å². The van der Waals surface area contributed by atoms with Gasteiger partial charge < -0.3 is 15.3 Å². The molecule has 1 heterocycles. The number of carboxylic acids is 1. The highest BCUT2D eigenvalue weighted by atomic mass is 16.4. The number of benzene rings is 1. The van der Waals surface area contributed by atoms with Crippen molar-refractivity contribution in [1.82, 2.24) is 5.32 Å². The molecule has 0 spiro atoms. The highest BCUT2D eigenvalue weighted by molar-refractivity contribution is 6.00. The zero-order valence-electron chi connectivity index (χ0n) is 17.0. The maximum Gasteiger partial charge on any atom is 0.306 e. The first-order valence-electron chi connectivity index (χ1n) is 10.9. The Morgan fingerprint density at radius 3 is 2.48 bits per heavy atom. The number of fused-ring (bicyclic) bond motifs is 1. The molecule has 3 aliphatic rings. The van der Waals surface area contributed by atoms with E-state index < -0.39 is 5.97 Å². The van der Waals surface area contributed by atoms with Crippen molar-refractivity contribution in [3.8, 4) is 0 Å². The summed E-state index contributed by atoms with van der Waals surface area (Å²) < 4.78 is 0. The van der Waals surface area contributed by atoms with Crippen LogP contribution in [0.4, 0.5) is 5.69 Å². The van der Waals surface area contributed by atoms with E-state index in [1.165, 1.54) is 5.56 Å². The van der Waals surface area contributed by atoms with Gasteiger partial charge in [0.05, 0.1) is 11.8 Å². The normalized spacial score (nSPS) is 31.3. The Labute approximate surface area is 171 Å². The number of carboxylic acid groups (broad SMARTS) is 1. The third-order valence-corrected chi connectivity index (χ3v) is 6.99. The lowest BCUT2D eigenvalue weighted by molar-refractivity contribution is -0.141. The minimum Gasteiger partial charge on any atom is -0.481 e. The molecule has 2 amide bonds. The van der Waals surface area contributed by atoms with Crippen LogP contribution in [0, 0.1) is 17.8 Å². The van der Waals surface area contributed by atoms with Crippen LogP contribution in [-0.2, 0) is 20.8 Å². The maximum atomic E-state index is 13.5. The molecule has 4 rings (SSSR count). The van der Waals surface area contributed by atoms with Crippen LogP contribution in [0.3, 0.4) is 0 Å². The van der Waals surface area contributed by atoms with Crippen LogP contribution < -0.4 is 10.2 Å². The van der Waals surface area contributed by atoms with Crippen molar-refractivity contribution in [2.45, 2.75) is 70.4 Å². The zero-order valence-corrected chi connectivity index (χ0v) is 17.0. The average Bonchev–Trinajstić information content (AvgIpc) is 3.31. The molecule has 3 unspecified atom stereocenters. The number of hydrogen-bond donors (Lipinski definition) is 2. The first kappa shape index (κ1) is 19.9. The molecule has 2 saturated carbocycles. The summed E-state index contributed by atoms with van der Waals surface area (Å²) in [6.45, 7) is 2.07. The largest absolute Gasteiger partial charge is 0.481 e. The van der Waals surface area contributed by atoms with Gasteiger partial charge in [-0.05, 0) is 57.1 Å². The lowest BCUT2D eigenvalue weighted by Crippen LogP contribution is -2.48. The van der Waals surface area contributed by atoms with Crippen LogP contribution >= 0.6 is 0 Å². The van der Waals surface area contributed by atoms with Crippen molar-refractivity contribution in [2.75, 3.05) is 4.90 Å². The van der Waals surface area contributed by atoms with Gasteiger partial charge >= 0.3 is 5.97 Å². The maximum absolute atomic E-state index is 13.5. The van der Waals surface area contributed by atoms with Crippen LogP contribution in [0.1, 0.15) is 57.4 Å². The fraction of sp³-hybridized carbons (Fsp3) is 0.609. The molecule has 2 N–H and O–H groups in total. The lowest BCUT2D eigenvalue weighted by atomic mass is 9.77. The van der Waals surface area contributed by atoms with E-state index in [-0.39, 0.29) is 41.7 Å². The first-order chi connectivity index (χ1) is 14.0. The van der Waals surface area contributed by atoms with E-state index in [2.05, 4.69) is 18.3 Å². The Balaban J connectivity index is 1.47. The molecule has 1 aliphatic heterocycles. The molecule has 6 heteroatoms. The van der Waals surface area contributed by atoms with Gasteiger partial charge in [-0.3, -0.25) is 14.4 Å². The standard InChI is InChI=1S/C23H30N2O4/c1-14-12-15-6-2-5-9-20(15)25(14)22(27)19-8-4-3-7-18(19)21(26)24-17-11-10-16(13-17)23(28)29/h2,5-6,9,14,16-19H,3-4,7-8,10-13H2,1H3,(H,24,26)(H,28,29)/t14?,16-,17+,18?,19?/m1/s1. The number of para-hydroxylation sites is 1. The molecule has 2 aliphatic carbocycles. The lowest BCUT2D eigenvalue weighted by Gasteiger charge is -2.35. The van der Waals surface area contributed by atoms with Gasteiger partial charge in [0.25, 0.3) is 0 Å². The van der Waals surface area contributed by atoms with Crippen molar-refractivity contribution >= 4 is 23.5 Å². The van der Waals surface area contributed by atoms with Gasteiger partial charge in [0, 0.05) is 23.7 Å². The SMILES string of the molecule is CC1Cc2ccccc2N1C(=O)C1CCCCC1C(=O)N[C@H]1CC[C@@H](C(=O)O)C1. The van der Waals surface area contributed by atoms with Crippen molar-refractivity contribution < 1.29 is 19.5 Å². The van der Waals surface area contributed by atoms with Gasteiger partial charge in [0.1, 0.15) is 0 Å². The van der Waals surface area contributed by atoms with Crippen molar-refractivity contribution in [3.63, 3.8) is 0 Å². The van der Waals surface area contributed by atoms with Gasteiger partial charge in [-0.1, -0.05) is 31.0 Å². The molecule has 2 fully saturated rings. The highest BCUT2D eigenvalue weighted by Crippen LogP contribution is 2.38. The zero-order chi connectivity index (χ0) is 20.5. The number of hydrogen-bond acceptors (Lipinski definition) is 3. The number of rotatable bonds is 4. The Hall–Kier alpha value is -2.37. The number of anilines is 1. The van der Waals surface area contributed by atoms with Gasteiger partial charge in [0.2, 0.25) is 11.8 Å². The minimum atomic E-state index is -0.783. The smallest absolute Gasteiger partial charge is 0.306 e. The van der Waals surface area contributed by atoms with Gasteiger partial charge in [-0.15, -0.1) is 0 Å². The summed E-state index contributed by atoms with van der Waals surface area (Å²) >= 11 is 0. The molecule has 0 bridgehead atoms. The Morgan fingerprint density at radius 2 is 1.76 bits per heavy atom. The summed E-state index contributed by atoms with van der Waals surface area (Å²) in [6.07, 6.45) is 6.03.